The van der Waals surface area contributed by atoms with E-state index in [0.29, 0.717) is 25.7 Å². The summed E-state index contributed by atoms with van der Waals surface area (Å²) in [6, 6.07) is 0. The summed E-state index contributed by atoms with van der Waals surface area (Å²) < 4.78 is 23.4. The summed E-state index contributed by atoms with van der Waals surface area (Å²) >= 11 is 0. The van der Waals surface area contributed by atoms with Crippen molar-refractivity contribution in [1.82, 2.24) is 0 Å². The smallest absolute Gasteiger partial charge is 1.00 e. The van der Waals surface area contributed by atoms with Crippen LogP contribution in [0.4, 0.5) is 0 Å². The zero-order valence-corrected chi connectivity index (χ0v) is 37.3. The van der Waals surface area contributed by atoms with Crippen molar-refractivity contribution in [1.29, 1.82) is 0 Å². The van der Waals surface area contributed by atoms with Crippen LogP contribution in [-0.2, 0) is 38.1 Å². The Morgan fingerprint density at radius 3 is 1.88 bits per heavy atom. The maximum atomic E-state index is 14.8. The van der Waals surface area contributed by atoms with Crippen molar-refractivity contribution in [2.24, 2.45) is 50.2 Å². The van der Waals surface area contributed by atoms with Crippen molar-refractivity contribution in [2.45, 2.75) is 174 Å². The van der Waals surface area contributed by atoms with Crippen LogP contribution in [-0.4, -0.2) is 170 Å². The largest absolute Gasteiger partial charge is 2.00 e. The Bertz CT molecular complexity index is 1750. The van der Waals surface area contributed by atoms with Crippen molar-refractivity contribution < 1.29 is 81.8 Å². The van der Waals surface area contributed by atoms with Crippen molar-refractivity contribution in [3.8, 4) is 0 Å². The molecule has 5 aliphatic carbocycles. The average Bonchev–Trinajstić information content (AvgIpc) is 3.13. The van der Waals surface area contributed by atoms with Gasteiger partial charge in [-0.1, -0.05) is 47.1 Å². The monoisotopic (exact) mass is 864 g/mol. The number of aliphatic hydroxyl groups excluding tert-OH is 5. The molecule has 6 fully saturated rings. The van der Waals surface area contributed by atoms with E-state index in [0.717, 1.165) is 37.7 Å². The fraction of sp³-hybridized carbons (Fsp3) is 0.857. The quantitative estimate of drug-likeness (QED) is 0.135. The first kappa shape index (κ1) is 47.2. The van der Waals surface area contributed by atoms with Crippen LogP contribution in [0.1, 0.15) is 109 Å². The first-order valence-electron chi connectivity index (χ1n) is 20.7. The predicted octanol–water partition coefficient (Wildman–Crippen LogP) is 2.09. The number of carboxylic acids is 3. The number of ether oxygens (including phenoxy) is 4. The van der Waals surface area contributed by atoms with Crippen LogP contribution in [0.15, 0.2) is 11.6 Å². The van der Waals surface area contributed by atoms with Gasteiger partial charge in [0.2, 0.25) is 0 Å². The van der Waals surface area contributed by atoms with Gasteiger partial charge in [-0.25, -0.2) is 9.59 Å². The molecule has 2 heterocycles. The van der Waals surface area contributed by atoms with E-state index in [-0.39, 0.29) is 75.0 Å². The van der Waals surface area contributed by atoms with Crippen LogP contribution in [0.5, 0.6) is 0 Å². The Labute approximate surface area is 377 Å². The van der Waals surface area contributed by atoms with Crippen molar-refractivity contribution in [3.05, 3.63) is 11.6 Å². The van der Waals surface area contributed by atoms with Gasteiger partial charge >= 0.3 is 55.6 Å². The molecule has 0 aromatic rings. The number of carbonyl (C=O) groups is 4. The number of fused-ring (bicyclic) bond motifs is 7. The zero-order chi connectivity index (χ0) is 42.9. The third-order valence-electron chi connectivity index (χ3n) is 17.2. The van der Waals surface area contributed by atoms with Crippen LogP contribution in [0, 0.1) is 50.2 Å². The van der Waals surface area contributed by atoms with Gasteiger partial charge in [-0.15, -0.1) is 0 Å². The molecule has 7 rings (SSSR count). The molecule has 59 heavy (non-hydrogen) atoms. The molecule has 7 aliphatic rings. The van der Waals surface area contributed by atoms with Crippen molar-refractivity contribution >= 4 is 61.4 Å². The Hall–Kier alpha value is -1.28. The molecule has 0 unspecified atom stereocenters. The van der Waals surface area contributed by atoms with Gasteiger partial charge in [0.05, 0.1) is 11.5 Å². The first-order valence-corrected chi connectivity index (χ1v) is 20.7. The summed E-state index contributed by atoms with van der Waals surface area (Å²) in [6.07, 6.45) is -12.2. The van der Waals surface area contributed by atoms with Gasteiger partial charge in [0.25, 0.3) is 0 Å². The molecular weight excluding hydrogens is 801 g/mol. The fourth-order valence-electron chi connectivity index (χ4n) is 13.4. The zero-order valence-electron chi connectivity index (χ0n) is 37.1. The standard InChI is InChI=1S/C42H62O16.Ca.2H/c1-37(2)21-8-11-42(7)31(20(43)16-18-19-17-39(4,36(53)54)13-12-38(19,3)14-15-41(18,42)6)40(21,5)10-9-22(37)55-35-30(26(47)25(46)29(57-35)33(51)52)58-34-27(48)23(44)24(45)28(56-34)32(49)50;;;/h16,19,21-31,34-35,44-48H,8-15,17H2,1-7H3,(H,49,50)(H,51,52)(H,53,54);;;/q;+2;2*-1/t19-,21-,22-,23-,24-,25-,26-,27+,28-,29-,30+,31+,34-,35-,38+,39-,40-,41+,42+;;;/m0.../s1. The molecule has 16 nitrogen and oxygen atoms in total. The Kier molecular flexibility index (Phi) is 12.6. The molecule has 17 heteroatoms. The molecule has 330 valence electrons. The second kappa shape index (κ2) is 15.8. The molecule has 0 aromatic carbocycles. The molecule has 0 bridgehead atoms. The number of ketones is 1. The first-order chi connectivity index (χ1) is 26.8. The average molecular weight is 865 g/mol. The molecule has 2 saturated heterocycles. The topological polar surface area (TPSA) is 267 Å². The van der Waals surface area contributed by atoms with E-state index in [1.165, 1.54) is 0 Å². The molecule has 0 spiro atoms. The SMILES string of the molecule is CC1(C)[C@@H](O[C@H]2O[C@H](C(=O)O)[C@@H](O)[C@H](O)[C@H]2O[C@@H]2O[C@H](C(=O)O)[C@@H](O)[C@H](O)[C@H]2O)CC[C@]2(C)[C@H]3C(=O)C=C4[C@@H]5C[C@@](C)(C(=O)O)CC[C@]5(C)CC[C@@]4(C)[C@]3(C)CC[C@@H]12.[Ca+2].[H-].[H-]. The van der Waals surface area contributed by atoms with E-state index in [4.69, 9.17) is 18.9 Å². The summed E-state index contributed by atoms with van der Waals surface area (Å²) in [4.78, 5) is 51.3. The number of rotatable bonds is 7. The summed E-state index contributed by atoms with van der Waals surface area (Å²) in [6.45, 7) is 14.8. The van der Waals surface area contributed by atoms with Crippen molar-refractivity contribution in [3.63, 3.8) is 0 Å². The van der Waals surface area contributed by atoms with Gasteiger partial charge in [0, 0.05) is 5.92 Å². The summed E-state index contributed by atoms with van der Waals surface area (Å²) in [7, 11) is 0. The number of hydrogen-bond acceptors (Lipinski definition) is 13. The number of carboxylic acid groups (broad SMARTS) is 3. The molecule has 0 radical (unpaired) electrons. The van der Waals surface area contributed by atoms with Crippen LogP contribution < -0.4 is 0 Å². The number of hydrogen-bond donors (Lipinski definition) is 8. The third-order valence-corrected chi connectivity index (χ3v) is 17.2. The molecule has 8 N–H and O–H groups in total. The molecule has 0 amide bonds. The van der Waals surface area contributed by atoms with Gasteiger partial charge in [-0.2, -0.15) is 0 Å². The maximum absolute atomic E-state index is 14.8. The van der Waals surface area contributed by atoms with E-state index in [1.54, 1.807) is 0 Å². The predicted molar refractivity (Wildman–Crippen MR) is 207 cm³/mol. The third kappa shape index (κ3) is 7.09. The summed E-state index contributed by atoms with van der Waals surface area (Å²) in [5.74, 6) is -4.47. The van der Waals surface area contributed by atoms with E-state index in [9.17, 15) is 60.0 Å². The van der Waals surface area contributed by atoms with Gasteiger partial charge < -0.3 is 62.7 Å². The summed E-state index contributed by atoms with van der Waals surface area (Å²) in [5, 5.41) is 83.0. The number of carbonyl (C=O) groups excluding carboxylic acids is 1. The number of allylic oxidation sites excluding steroid dienone is 2. The van der Waals surface area contributed by atoms with Crippen LogP contribution >= 0.6 is 0 Å². The van der Waals surface area contributed by atoms with Crippen LogP contribution in [0.3, 0.4) is 0 Å². The number of aliphatic hydroxyl groups is 5. The Morgan fingerprint density at radius 1 is 0.712 bits per heavy atom. The Balaban J connectivity index is 0.00000273. The van der Waals surface area contributed by atoms with Crippen LogP contribution in [0.25, 0.3) is 0 Å². The second-order valence-corrected chi connectivity index (χ2v) is 20.6. The van der Waals surface area contributed by atoms with E-state index >= 15 is 0 Å². The van der Waals surface area contributed by atoms with E-state index in [1.807, 2.05) is 26.8 Å². The van der Waals surface area contributed by atoms with Crippen LogP contribution in [0.2, 0.25) is 0 Å². The van der Waals surface area contributed by atoms with Gasteiger partial charge in [-0.05, 0) is 110 Å². The maximum Gasteiger partial charge on any atom is 2.00 e. The van der Waals surface area contributed by atoms with E-state index < -0.39 is 107 Å². The fourth-order valence-corrected chi connectivity index (χ4v) is 13.4. The molecule has 0 aromatic heterocycles. The van der Waals surface area contributed by atoms with Gasteiger partial charge in [-0.3, -0.25) is 9.59 Å². The van der Waals surface area contributed by atoms with E-state index in [2.05, 4.69) is 27.7 Å². The molecule has 4 saturated carbocycles. The minimum atomic E-state index is -2.05. The van der Waals surface area contributed by atoms with Crippen molar-refractivity contribution in [2.75, 3.05) is 0 Å². The molecular formula is C42H64CaO16. The second-order valence-electron chi connectivity index (χ2n) is 20.6. The molecule has 19 atom stereocenters. The summed E-state index contributed by atoms with van der Waals surface area (Å²) in [5.41, 5.74) is -1.81. The molecule has 2 aliphatic heterocycles. The normalized spacial score (nSPS) is 51.7. The Morgan fingerprint density at radius 2 is 1.29 bits per heavy atom. The van der Waals surface area contributed by atoms with Gasteiger partial charge in [0.1, 0.15) is 36.6 Å². The minimum absolute atomic E-state index is 0. The minimum Gasteiger partial charge on any atom is -1.00 e. The number of aliphatic carboxylic acids is 3. The van der Waals surface area contributed by atoms with Gasteiger partial charge in [0.15, 0.2) is 30.6 Å².